The molecule has 0 aromatic heterocycles. The van der Waals surface area contributed by atoms with E-state index in [0.717, 1.165) is 16.6 Å². The molecule has 2 atom stereocenters. The molecule has 3 rings (SSSR count). The van der Waals surface area contributed by atoms with Gasteiger partial charge in [-0.15, -0.1) is 0 Å². The second-order valence-electron chi connectivity index (χ2n) is 9.54. The van der Waals surface area contributed by atoms with E-state index in [1.54, 1.807) is 18.2 Å². The van der Waals surface area contributed by atoms with Crippen LogP contribution in [0.2, 0.25) is 0 Å². The minimum atomic E-state index is -4.13. The Labute approximate surface area is 213 Å². The van der Waals surface area contributed by atoms with E-state index in [4.69, 9.17) is 0 Å². The second kappa shape index (κ2) is 11.9. The summed E-state index contributed by atoms with van der Waals surface area (Å²) in [4.78, 5) is 15.3. The minimum Gasteiger partial charge on any atom is -0.426 e. The lowest BCUT2D eigenvalue weighted by molar-refractivity contribution is -0.123. The molecule has 10 heteroatoms. The summed E-state index contributed by atoms with van der Waals surface area (Å²) in [5.41, 5.74) is 1.63. The summed E-state index contributed by atoms with van der Waals surface area (Å²) in [6.07, 6.45) is 0.417. The minimum absolute atomic E-state index is 0.0653. The third-order valence-electron chi connectivity index (χ3n) is 5.94. The van der Waals surface area contributed by atoms with Crippen molar-refractivity contribution in [3.05, 3.63) is 72.3 Å². The highest BCUT2D eigenvalue weighted by molar-refractivity contribution is 7.89. The van der Waals surface area contributed by atoms with E-state index in [9.17, 15) is 23.3 Å². The third kappa shape index (κ3) is 6.85. The third-order valence-corrected chi connectivity index (χ3v) is 7.47. The van der Waals surface area contributed by atoms with Crippen molar-refractivity contribution in [2.75, 3.05) is 19.0 Å². The van der Waals surface area contributed by atoms with Crippen molar-refractivity contribution in [2.24, 2.45) is 5.92 Å². The van der Waals surface area contributed by atoms with Gasteiger partial charge in [-0.25, -0.2) is 8.42 Å². The average molecular weight is 511 g/mol. The number of rotatable bonds is 11. The Balaban J connectivity index is 1.98. The van der Waals surface area contributed by atoms with E-state index < -0.39 is 35.0 Å². The van der Waals surface area contributed by atoms with Crippen molar-refractivity contribution >= 4 is 39.5 Å². The van der Waals surface area contributed by atoms with Gasteiger partial charge in [-0.1, -0.05) is 68.4 Å². The van der Waals surface area contributed by atoms with Crippen LogP contribution in [0.25, 0.3) is 10.8 Å². The zero-order valence-corrected chi connectivity index (χ0v) is 21.9. The number of anilines is 1. The van der Waals surface area contributed by atoms with Gasteiger partial charge in [0.05, 0.1) is 10.8 Å². The van der Waals surface area contributed by atoms with Crippen LogP contribution in [-0.4, -0.2) is 57.6 Å². The maximum Gasteiger partial charge on any atom is 0.475 e. The molecule has 0 unspecified atom stereocenters. The van der Waals surface area contributed by atoms with Crippen LogP contribution in [0.1, 0.15) is 25.8 Å². The van der Waals surface area contributed by atoms with Crippen LogP contribution >= 0.6 is 0 Å². The molecule has 8 nitrogen and oxygen atoms in total. The van der Waals surface area contributed by atoms with Gasteiger partial charge in [-0.3, -0.25) is 4.79 Å². The van der Waals surface area contributed by atoms with Crippen molar-refractivity contribution in [1.82, 2.24) is 10.0 Å². The van der Waals surface area contributed by atoms with E-state index in [1.807, 2.05) is 75.3 Å². The lowest BCUT2D eigenvalue weighted by Crippen LogP contribution is -2.54. The molecule has 36 heavy (non-hydrogen) atoms. The number of amides is 1. The molecule has 192 valence electrons. The summed E-state index contributed by atoms with van der Waals surface area (Å²) in [5, 5.41) is 23.5. The summed E-state index contributed by atoms with van der Waals surface area (Å²) in [5.74, 6) is -1.47. The number of carbonyl (C=O) groups is 1. The van der Waals surface area contributed by atoms with Gasteiger partial charge in [0.1, 0.15) is 6.04 Å². The average Bonchev–Trinajstić information content (AvgIpc) is 2.82. The van der Waals surface area contributed by atoms with Gasteiger partial charge in [-0.05, 0) is 36.5 Å². The monoisotopic (exact) mass is 511 g/mol. The predicted octanol–water partition coefficient (Wildman–Crippen LogP) is 2.34. The van der Waals surface area contributed by atoms with Crippen LogP contribution in [0.5, 0.6) is 0 Å². The first-order chi connectivity index (χ1) is 17.0. The summed E-state index contributed by atoms with van der Waals surface area (Å²) in [6, 6.07) is 18.4. The van der Waals surface area contributed by atoms with Crippen LogP contribution in [-0.2, 0) is 21.2 Å². The molecule has 3 aromatic carbocycles. The van der Waals surface area contributed by atoms with E-state index in [-0.39, 0.29) is 17.2 Å². The molecule has 1 amide bonds. The molecule has 0 aliphatic heterocycles. The van der Waals surface area contributed by atoms with Crippen molar-refractivity contribution in [3.8, 4) is 0 Å². The first-order valence-corrected chi connectivity index (χ1v) is 13.4. The van der Waals surface area contributed by atoms with Crippen LogP contribution in [0.15, 0.2) is 71.6 Å². The maximum absolute atomic E-state index is 13.6. The van der Waals surface area contributed by atoms with Crippen molar-refractivity contribution in [3.63, 3.8) is 0 Å². The molecule has 0 aliphatic carbocycles. The Morgan fingerprint density at radius 3 is 2.19 bits per heavy atom. The summed E-state index contributed by atoms with van der Waals surface area (Å²) >= 11 is 0. The fraction of sp³-hybridized carbons (Fsp3) is 0.346. The molecule has 0 heterocycles. The van der Waals surface area contributed by atoms with Gasteiger partial charge < -0.3 is 20.3 Å². The molecular formula is C26H34BN3O5S. The summed E-state index contributed by atoms with van der Waals surface area (Å²) in [7, 11) is -2.12. The Morgan fingerprint density at radius 1 is 0.944 bits per heavy atom. The van der Waals surface area contributed by atoms with E-state index >= 15 is 0 Å². The summed E-state index contributed by atoms with van der Waals surface area (Å²) in [6.45, 7) is 3.79. The molecule has 0 radical (unpaired) electrons. The van der Waals surface area contributed by atoms with Gasteiger partial charge in [0.25, 0.3) is 0 Å². The fourth-order valence-electron chi connectivity index (χ4n) is 4.22. The smallest absolute Gasteiger partial charge is 0.426 e. The molecule has 0 fully saturated rings. The molecular weight excluding hydrogens is 477 g/mol. The Bertz CT molecular complexity index is 1280. The lowest BCUT2D eigenvalue weighted by atomic mass is 9.75. The Morgan fingerprint density at radius 2 is 1.58 bits per heavy atom. The van der Waals surface area contributed by atoms with E-state index in [1.165, 1.54) is 6.07 Å². The lowest BCUT2D eigenvalue weighted by Gasteiger charge is -2.24. The summed E-state index contributed by atoms with van der Waals surface area (Å²) < 4.78 is 29.8. The highest BCUT2D eigenvalue weighted by atomic mass is 32.2. The first kappa shape index (κ1) is 27.7. The van der Waals surface area contributed by atoms with Crippen LogP contribution in [0.4, 0.5) is 5.69 Å². The van der Waals surface area contributed by atoms with Crippen molar-refractivity contribution in [1.29, 1.82) is 0 Å². The van der Waals surface area contributed by atoms with Crippen LogP contribution in [0, 0.1) is 5.92 Å². The molecule has 0 bridgehead atoms. The van der Waals surface area contributed by atoms with Gasteiger partial charge in [-0.2, -0.15) is 4.72 Å². The zero-order chi connectivity index (χ0) is 26.5. The van der Waals surface area contributed by atoms with Gasteiger partial charge in [0.2, 0.25) is 15.9 Å². The molecule has 0 saturated heterocycles. The SMILES string of the molecule is CC(C)C[C@H](NC(=O)[C@H](Cc1ccccc1)NS(=O)(=O)c1cccc2c(N(C)C)cccc12)B(O)O. The molecule has 3 aromatic rings. The van der Waals surface area contributed by atoms with Gasteiger partial charge >= 0.3 is 7.12 Å². The number of nitrogens with zero attached hydrogens (tertiary/aromatic N) is 1. The second-order valence-corrected chi connectivity index (χ2v) is 11.2. The maximum atomic E-state index is 13.6. The topological polar surface area (TPSA) is 119 Å². The molecule has 0 aliphatic rings. The van der Waals surface area contributed by atoms with Gasteiger partial charge in [0, 0.05) is 30.6 Å². The highest BCUT2D eigenvalue weighted by Gasteiger charge is 2.32. The number of hydrogen-bond donors (Lipinski definition) is 4. The largest absolute Gasteiger partial charge is 0.475 e. The zero-order valence-electron chi connectivity index (χ0n) is 21.0. The van der Waals surface area contributed by atoms with Gasteiger partial charge in [0.15, 0.2) is 0 Å². The molecule has 0 spiro atoms. The first-order valence-electron chi connectivity index (χ1n) is 11.9. The fourth-order valence-corrected chi connectivity index (χ4v) is 5.64. The number of benzene rings is 3. The van der Waals surface area contributed by atoms with Crippen LogP contribution in [0.3, 0.4) is 0 Å². The van der Waals surface area contributed by atoms with Crippen molar-refractivity contribution in [2.45, 2.75) is 43.6 Å². The molecule has 0 saturated carbocycles. The standard InChI is InChI=1S/C26H34BN3O5S/c1-18(2)16-25(27(32)33)28-26(31)22(17-19-10-6-5-7-11-19)29-36(34,35)24-15-9-12-20-21(24)13-8-14-23(20)30(3)4/h5-15,18,22,25,29,32-33H,16-17H2,1-4H3,(H,28,31)/t22-,25-/m0/s1. The number of carbonyl (C=O) groups excluding carboxylic acids is 1. The normalized spacial score (nSPS) is 13.4. The number of fused-ring (bicyclic) bond motifs is 1. The van der Waals surface area contributed by atoms with E-state index in [2.05, 4.69) is 10.0 Å². The Hall–Kier alpha value is -2.92. The van der Waals surface area contributed by atoms with E-state index in [0.29, 0.717) is 11.8 Å². The van der Waals surface area contributed by atoms with Crippen molar-refractivity contribution < 1.29 is 23.3 Å². The number of nitrogens with one attached hydrogen (secondary N) is 2. The predicted molar refractivity (Wildman–Crippen MR) is 144 cm³/mol. The highest BCUT2D eigenvalue weighted by Crippen LogP contribution is 2.30. The van der Waals surface area contributed by atoms with Crippen LogP contribution < -0.4 is 14.9 Å². The number of sulfonamides is 1. The molecule has 4 N–H and O–H groups in total. The Kier molecular flexibility index (Phi) is 9.13. The number of hydrogen-bond acceptors (Lipinski definition) is 6. The quantitative estimate of drug-likeness (QED) is 0.294.